The van der Waals surface area contributed by atoms with Crippen LogP contribution in [0.5, 0.6) is 0 Å². The maximum Gasteiger partial charge on any atom is 0.137 e. The van der Waals surface area contributed by atoms with E-state index in [1.807, 2.05) is 37.4 Å². The number of aromatic amines is 1. The molecule has 0 bridgehead atoms. The smallest absolute Gasteiger partial charge is 0.137 e. The van der Waals surface area contributed by atoms with Gasteiger partial charge in [-0.25, -0.2) is 9.37 Å². The summed E-state index contributed by atoms with van der Waals surface area (Å²) in [5, 5.41) is 3.07. The summed E-state index contributed by atoms with van der Waals surface area (Å²) in [5.74, 6) is 0.518. The molecule has 1 aromatic heterocycles. The highest BCUT2D eigenvalue weighted by Gasteiger charge is 2.06. The predicted octanol–water partition coefficient (Wildman–Crippen LogP) is 3.92. The highest BCUT2D eigenvalue weighted by molar-refractivity contribution is 5.65. The number of benzene rings is 2. The van der Waals surface area contributed by atoms with E-state index in [9.17, 15) is 4.39 Å². The first-order valence-corrected chi connectivity index (χ1v) is 6.35. The minimum Gasteiger partial charge on any atom is -0.388 e. The number of H-pyrrole nitrogens is 1. The maximum atomic E-state index is 13.2. The van der Waals surface area contributed by atoms with Gasteiger partial charge in [0, 0.05) is 23.9 Å². The lowest BCUT2D eigenvalue weighted by atomic mass is 10.1. The summed E-state index contributed by atoms with van der Waals surface area (Å²) < 4.78 is 13.2. The highest BCUT2D eigenvalue weighted by atomic mass is 19.1. The zero-order chi connectivity index (χ0) is 13.9. The number of rotatable bonds is 3. The van der Waals surface area contributed by atoms with Crippen LogP contribution in [-0.2, 0) is 0 Å². The summed E-state index contributed by atoms with van der Waals surface area (Å²) in [6.07, 6.45) is 1.72. The number of nitrogens with zero attached hydrogens (tertiary/aromatic N) is 1. The molecule has 4 heteroatoms. The Balaban J connectivity index is 1.93. The fourth-order valence-corrected chi connectivity index (χ4v) is 2.07. The summed E-state index contributed by atoms with van der Waals surface area (Å²) in [5.41, 5.74) is 3.63. The summed E-state index contributed by atoms with van der Waals surface area (Å²) >= 11 is 0. The van der Waals surface area contributed by atoms with E-state index in [4.69, 9.17) is 0 Å². The fraction of sp³-hybridized carbons (Fsp3) is 0.0625. The molecule has 3 rings (SSSR count). The number of aromatic nitrogens is 2. The molecule has 20 heavy (non-hydrogen) atoms. The van der Waals surface area contributed by atoms with Crippen molar-refractivity contribution < 1.29 is 4.39 Å². The number of halogens is 1. The molecule has 0 atom stereocenters. The zero-order valence-corrected chi connectivity index (χ0v) is 11.0. The Hall–Kier alpha value is -2.62. The number of anilines is 1. The molecular weight excluding hydrogens is 253 g/mol. The van der Waals surface area contributed by atoms with E-state index < -0.39 is 0 Å². The van der Waals surface area contributed by atoms with Crippen molar-refractivity contribution in [2.75, 3.05) is 12.4 Å². The molecule has 0 amide bonds. The lowest BCUT2D eigenvalue weighted by Gasteiger charge is -2.01. The Labute approximate surface area is 116 Å². The molecule has 0 aliphatic heterocycles. The van der Waals surface area contributed by atoms with Gasteiger partial charge in [-0.1, -0.05) is 12.1 Å². The van der Waals surface area contributed by atoms with Crippen LogP contribution < -0.4 is 5.32 Å². The van der Waals surface area contributed by atoms with Crippen LogP contribution >= 0.6 is 0 Å². The average Bonchev–Trinajstić information content (AvgIpc) is 2.97. The summed E-state index contributed by atoms with van der Waals surface area (Å²) in [6, 6.07) is 14.4. The summed E-state index contributed by atoms with van der Waals surface area (Å²) in [7, 11) is 1.88. The Kier molecular flexibility index (Phi) is 3.21. The van der Waals surface area contributed by atoms with E-state index in [-0.39, 0.29) is 5.82 Å². The summed E-state index contributed by atoms with van der Waals surface area (Å²) in [4.78, 5) is 7.56. The molecule has 0 fully saturated rings. The van der Waals surface area contributed by atoms with Crippen LogP contribution in [0.4, 0.5) is 10.1 Å². The van der Waals surface area contributed by atoms with E-state index in [2.05, 4.69) is 15.3 Å². The van der Waals surface area contributed by atoms with E-state index in [1.165, 1.54) is 12.1 Å². The second-order valence-corrected chi connectivity index (χ2v) is 4.48. The van der Waals surface area contributed by atoms with Crippen molar-refractivity contribution in [3.05, 3.63) is 60.5 Å². The van der Waals surface area contributed by atoms with Crippen LogP contribution in [0.25, 0.3) is 22.6 Å². The lowest BCUT2D eigenvalue weighted by molar-refractivity contribution is 0.628. The van der Waals surface area contributed by atoms with Gasteiger partial charge in [-0.05, 0) is 36.4 Å². The van der Waals surface area contributed by atoms with Crippen LogP contribution in [0.15, 0.2) is 54.7 Å². The van der Waals surface area contributed by atoms with E-state index in [1.54, 1.807) is 12.3 Å². The molecule has 3 aromatic rings. The van der Waals surface area contributed by atoms with Crippen molar-refractivity contribution in [2.24, 2.45) is 0 Å². The van der Waals surface area contributed by atoms with Crippen LogP contribution in [0.1, 0.15) is 0 Å². The van der Waals surface area contributed by atoms with Crippen molar-refractivity contribution in [3.8, 4) is 22.6 Å². The Morgan fingerprint density at radius 3 is 2.55 bits per heavy atom. The third kappa shape index (κ3) is 2.40. The predicted molar refractivity (Wildman–Crippen MR) is 79.0 cm³/mol. The monoisotopic (exact) mass is 267 g/mol. The standard InChI is InChI=1S/C16H14FN3/c1-18-14-7-5-11(6-8-14)16-19-10-15(20-16)12-3-2-4-13(17)9-12/h2-10,18H,1H3,(H,19,20). The van der Waals surface area contributed by atoms with Crippen molar-refractivity contribution in [3.63, 3.8) is 0 Å². The molecule has 1 heterocycles. The van der Waals surface area contributed by atoms with Gasteiger partial charge in [0.1, 0.15) is 11.6 Å². The van der Waals surface area contributed by atoms with E-state index in [0.29, 0.717) is 0 Å². The SMILES string of the molecule is CNc1ccc(-c2ncc(-c3cccc(F)c3)[nH]2)cc1. The number of imidazole rings is 1. The number of nitrogens with one attached hydrogen (secondary N) is 2. The third-order valence-corrected chi connectivity index (χ3v) is 3.16. The van der Waals surface area contributed by atoms with Crippen molar-refractivity contribution in [1.29, 1.82) is 0 Å². The van der Waals surface area contributed by atoms with Gasteiger partial charge in [0.05, 0.1) is 11.9 Å². The molecule has 0 radical (unpaired) electrons. The topological polar surface area (TPSA) is 40.7 Å². The van der Waals surface area contributed by atoms with Crippen molar-refractivity contribution >= 4 is 5.69 Å². The molecule has 0 aliphatic carbocycles. The number of hydrogen-bond donors (Lipinski definition) is 2. The molecule has 3 nitrogen and oxygen atoms in total. The van der Waals surface area contributed by atoms with Crippen LogP contribution in [0.2, 0.25) is 0 Å². The minimum absolute atomic E-state index is 0.253. The first-order valence-electron chi connectivity index (χ1n) is 6.35. The first kappa shape index (κ1) is 12.4. The second-order valence-electron chi connectivity index (χ2n) is 4.48. The summed E-state index contributed by atoms with van der Waals surface area (Å²) in [6.45, 7) is 0. The van der Waals surface area contributed by atoms with Gasteiger partial charge in [0.25, 0.3) is 0 Å². The number of hydrogen-bond acceptors (Lipinski definition) is 2. The van der Waals surface area contributed by atoms with Crippen LogP contribution in [0.3, 0.4) is 0 Å². The quantitative estimate of drug-likeness (QED) is 0.755. The van der Waals surface area contributed by atoms with Gasteiger partial charge in [0.2, 0.25) is 0 Å². The maximum absolute atomic E-state index is 13.2. The highest BCUT2D eigenvalue weighted by Crippen LogP contribution is 2.23. The molecule has 0 unspecified atom stereocenters. The van der Waals surface area contributed by atoms with E-state index >= 15 is 0 Å². The normalized spacial score (nSPS) is 10.5. The molecule has 0 saturated carbocycles. The Bertz CT molecular complexity index is 717. The second kappa shape index (κ2) is 5.17. The fourth-order valence-electron chi connectivity index (χ4n) is 2.07. The third-order valence-electron chi connectivity index (χ3n) is 3.16. The zero-order valence-electron chi connectivity index (χ0n) is 11.0. The molecule has 2 N–H and O–H groups in total. The molecule has 0 spiro atoms. The van der Waals surface area contributed by atoms with Crippen molar-refractivity contribution in [1.82, 2.24) is 9.97 Å². The molecule has 100 valence electrons. The van der Waals surface area contributed by atoms with Crippen LogP contribution in [0, 0.1) is 5.82 Å². The van der Waals surface area contributed by atoms with Gasteiger partial charge >= 0.3 is 0 Å². The van der Waals surface area contributed by atoms with Gasteiger partial charge < -0.3 is 10.3 Å². The average molecular weight is 267 g/mol. The Morgan fingerprint density at radius 1 is 1.05 bits per heavy atom. The molecular formula is C16H14FN3. The van der Waals surface area contributed by atoms with Crippen molar-refractivity contribution in [2.45, 2.75) is 0 Å². The van der Waals surface area contributed by atoms with E-state index in [0.717, 1.165) is 28.3 Å². The van der Waals surface area contributed by atoms with Gasteiger partial charge in [0.15, 0.2) is 0 Å². The first-order chi connectivity index (χ1) is 9.76. The largest absolute Gasteiger partial charge is 0.388 e. The molecule has 2 aromatic carbocycles. The van der Waals surface area contributed by atoms with Gasteiger partial charge in [-0.3, -0.25) is 0 Å². The Morgan fingerprint density at radius 2 is 1.85 bits per heavy atom. The van der Waals surface area contributed by atoms with Gasteiger partial charge in [-0.2, -0.15) is 0 Å². The lowest BCUT2D eigenvalue weighted by Crippen LogP contribution is -1.87. The minimum atomic E-state index is -0.253. The molecule has 0 saturated heterocycles. The van der Waals surface area contributed by atoms with Gasteiger partial charge in [-0.15, -0.1) is 0 Å². The molecule has 0 aliphatic rings. The van der Waals surface area contributed by atoms with Crippen LogP contribution in [-0.4, -0.2) is 17.0 Å².